The van der Waals surface area contributed by atoms with Crippen molar-refractivity contribution < 1.29 is 4.79 Å². The topological polar surface area (TPSA) is 75.0 Å². The van der Waals surface area contributed by atoms with Gasteiger partial charge in [0.2, 0.25) is 5.91 Å². The van der Waals surface area contributed by atoms with Crippen LogP contribution in [0.15, 0.2) is 12.4 Å². The number of carbonyl (C=O) groups is 1. The first-order chi connectivity index (χ1) is 7.89. The fourth-order valence-corrected chi connectivity index (χ4v) is 2.84. The number of hydrogen-bond acceptors (Lipinski definition) is 3. The highest BCUT2D eigenvalue weighted by Gasteiger charge is 2.53. The molecule has 1 saturated heterocycles. The Morgan fingerprint density at radius 1 is 1.59 bits per heavy atom. The van der Waals surface area contributed by atoms with Crippen LogP contribution in [0.25, 0.3) is 0 Å². The van der Waals surface area contributed by atoms with Gasteiger partial charge in [0.25, 0.3) is 0 Å². The van der Waals surface area contributed by atoms with E-state index < -0.39 is 5.54 Å². The molecule has 0 aromatic carbocycles. The number of rotatable bonds is 2. The van der Waals surface area contributed by atoms with Gasteiger partial charge in [0, 0.05) is 24.5 Å². The predicted molar refractivity (Wildman–Crippen MR) is 65.2 cm³/mol. The summed E-state index contributed by atoms with van der Waals surface area (Å²) in [4.78, 5) is 21.5. The molecule has 1 aromatic heterocycles. The minimum Gasteiger partial charge on any atom is -0.368 e. The Kier molecular flexibility index (Phi) is 2.73. The van der Waals surface area contributed by atoms with Gasteiger partial charge in [0.05, 0.1) is 0 Å². The normalized spacial score (nSPS) is 26.3. The Morgan fingerprint density at radius 3 is 2.76 bits per heavy atom. The largest absolute Gasteiger partial charge is 0.368 e. The van der Waals surface area contributed by atoms with E-state index in [-0.39, 0.29) is 11.4 Å². The highest BCUT2D eigenvalue weighted by Crippen LogP contribution is 2.41. The SMILES string of the molecule is CC(C)(C)N1CCCC1(C(N)=O)c1ncc[nH]1. The third-order valence-electron chi connectivity index (χ3n) is 3.49. The summed E-state index contributed by atoms with van der Waals surface area (Å²) in [6, 6.07) is 0. The standard InChI is InChI=1S/C12H20N4O/c1-11(2,3)16-8-4-5-12(16,9(13)17)10-14-6-7-15-10/h6-7H,4-5,8H2,1-3H3,(H2,13,17)(H,14,15). The lowest BCUT2D eigenvalue weighted by molar-refractivity contribution is -0.133. The summed E-state index contributed by atoms with van der Waals surface area (Å²) in [6.45, 7) is 7.16. The van der Waals surface area contributed by atoms with Crippen LogP contribution in [0.1, 0.15) is 39.4 Å². The van der Waals surface area contributed by atoms with Gasteiger partial charge < -0.3 is 10.7 Å². The van der Waals surface area contributed by atoms with Crippen molar-refractivity contribution >= 4 is 5.91 Å². The lowest BCUT2D eigenvalue weighted by Gasteiger charge is -2.43. The highest BCUT2D eigenvalue weighted by atomic mass is 16.1. The lowest BCUT2D eigenvalue weighted by atomic mass is 9.90. The summed E-state index contributed by atoms with van der Waals surface area (Å²) in [5, 5.41) is 0. The first kappa shape index (κ1) is 12.1. The van der Waals surface area contributed by atoms with Crippen LogP contribution in [-0.2, 0) is 10.3 Å². The number of likely N-dealkylation sites (tertiary alicyclic amines) is 1. The van der Waals surface area contributed by atoms with E-state index in [4.69, 9.17) is 5.73 Å². The zero-order chi connectivity index (χ0) is 12.7. The molecule has 1 aliphatic heterocycles. The van der Waals surface area contributed by atoms with Gasteiger partial charge in [0.15, 0.2) is 5.54 Å². The molecule has 17 heavy (non-hydrogen) atoms. The second kappa shape index (κ2) is 3.84. The van der Waals surface area contributed by atoms with Crippen LogP contribution in [0.4, 0.5) is 0 Å². The second-order valence-corrected chi connectivity index (χ2v) is 5.59. The average Bonchev–Trinajstić information content (AvgIpc) is 2.85. The molecule has 1 aliphatic rings. The van der Waals surface area contributed by atoms with Crippen molar-refractivity contribution in [1.82, 2.24) is 14.9 Å². The summed E-state index contributed by atoms with van der Waals surface area (Å²) in [5.41, 5.74) is 4.78. The number of imidazole rings is 1. The molecule has 1 aromatic rings. The maximum Gasteiger partial charge on any atom is 0.245 e. The van der Waals surface area contributed by atoms with Crippen molar-refractivity contribution in [2.75, 3.05) is 6.54 Å². The molecular formula is C12H20N4O. The Hall–Kier alpha value is -1.36. The molecule has 0 spiro atoms. The van der Waals surface area contributed by atoms with Crippen LogP contribution in [0, 0.1) is 0 Å². The molecular weight excluding hydrogens is 216 g/mol. The monoisotopic (exact) mass is 236 g/mol. The Labute approximate surface area is 101 Å². The van der Waals surface area contributed by atoms with Gasteiger partial charge in [-0.1, -0.05) is 0 Å². The number of H-pyrrole nitrogens is 1. The summed E-state index contributed by atoms with van der Waals surface area (Å²) < 4.78 is 0. The van der Waals surface area contributed by atoms with Gasteiger partial charge in [0.1, 0.15) is 5.82 Å². The fraction of sp³-hybridized carbons (Fsp3) is 0.667. The third-order valence-corrected chi connectivity index (χ3v) is 3.49. The quantitative estimate of drug-likeness (QED) is 0.804. The summed E-state index contributed by atoms with van der Waals surface area (Å²) in [5.74, 6) is 0.345. The molecule has 0 aliphatic carbocycles. The summed E-state index contributed by atoms with van der Waals surface area (Å²) >= 11 is 0. The number of amides is 1. The fourth-order valence-electron chi connectivity index (χ4n) is 2.84. The van der Waals surface area contributed by atoms with E-state index >= 15 is 0 Å². The smallest absolute Gasteiger partial charge is 0.245 e. The number of aromatic amines is 1. The van der Waals surface area contributed by atoms with Crippen molar-refractivity contribution in [3.63, 3.8) is 0 Å². The third kappa shape index (κ3) is 1.74. The van der Waals surface area contributed by atoms with Crippen LogP contribution in [0.3, 0.4) is 0 Å². The number of nitrogens with two attached hydrogens (primary N) is 1. The Balaban J connectivity index is 2.52. The Bertz CT molecular complexity index is 407. The molecule has 5 nitrogen and oxygen atoms in total. The van der Waals surface area contributed by atoms with E-state index in [9.17, 15) is 4.79 Å². The van der Waals surface area contributed by atoms with Crippen molar-refractivity contribution in [2.24, 2.45) is 5.73 Å². The first-order valence-electron chi connectivity index (χ1n) is 5.96. The molecule has 0 radical (unpaired) electrons. The molecule has 1 amide bonds. The zero-order valence-electron chi connectivity index (χ0n) is 10.7. The minimum atomic E-state index is -0.776. The lowest BCUT2D eigenvalue weighted by Crippen LogP contribution is -2.58. The number of hydrogen-bond donors (Lipinski definition) is 2. The molecule has 2 rings (SSSR count). The van der Waals surface area contributed by atoms with Gasteiger partial charge in [-0.15, -0.1) is 0 Å². The van der Waals surface area contributed by atoms with E-state index in [1.54, 1.807) is 12.4 Å². The van der Waals surface area contributed by atoms with Crippen LogP contribution in [-0.4, -0.2) is 32.9 Å². The van der Waals surface area contributed by atoms with Gasteiger partial charge in [-0.2, -0.15) is 0 Å². The zero-order valence-corrected chi connectivity index (χ0v) is 10.7. The van der Waals surface area contributed by atoms with Gasteiger partial charge >= 0.3 is 0 Å². The summed E-state index contributed by atoms with van der Waals surface area (Å²) in [7, 11) is 0. The van der Waals surface area contributed by atoms with Crippen molar-refractivity contribution in [3.05, 3.63) is 18.2 Å². The predicted octanol–water partition coefficient (Wildman–Crippen LogP) is 0.985. The number of aromatic nitrogens is 2. The molecule has 5 heteroatoms. The van der Waals surface area contributed by atoms with Crippen molar-refractivity contribution in [1.29, 1.82) is 0 Å². The maximum absolute atomic E-state index is 12.0. The Morgan fingerprint density at radius 2 is 2.29 bits per heavy atom. The number of nitrogens with one attached hydrogen (secondary N) is 1. The number of carbonyl (C=O) groups excluding carboxylic acids is 1. The molecule has 0 bridgehead atoms. The number of primary amides is 1. The maximum atomic E-state index is 12.0. The van der Waals surface area contributed by atoms with Crippen LogP contribution in [0.2, 0.25) is 0 Å². The molecule has 94 valence electrons. The highest BCUT2D eigenvalue weighted by molar-refractivity contribution is 5.85. The van der Waals surface area contributed by atoms with Gasteiger partial charge in [-0.25, -0.2) is 4.98 Å². The van der Waals surface area contributed by atoms with Crippen molar-refractivity contribution in [3.8, 4) is 0 Å². The van der Waals surface area contributed by atoms with E-state index in [0.29, 0.717) is 5.82 Å². The van der Waals surface area contributed by atoms with E-state index in [1.807, 2.05) is 0 Å². The van der Waals surface area contributed by atoms with E-state index in [1.165, 1.54) is 0 Å². The average molecular weight is 236 g/mol. The molecule has 3 N–H and O–H groups in total. The molecule has 1 fully saturated rings. The molecule has 1 atom stereocenters. The van der Waals surface area contributed by atoms with Crippen LogP contribution < -0.4 is 5.73 Å². The molecule has 1 unspecified atom stereocenters. The van der Waals surface area contributed by atoms with Gasteiger partial charge in [-0.3, -0.25) is 9.69 Å². The van der Waals surface area contributed by atoms with E-state index in [0.717, 1.165) is 19.4 Å². The molecule has 2 heterocycles. The van der Waals surface area contributed by atoms with E-state index in [2.05, 4.69) is 35.6 Å². The first-order valence-corrected chi connectivity index (χ1v) is 5.96. The molecule has 0 saturated carbocycles. The number of nitrogens with zero attached hydrogens (tertiary/aromatic N) is 2. The summed E-state index contributed by atoms with van der Waals surface area (Å²) in [6.07, 6.45) is 5.09. The minimum absolute atomic E-state index is 0.113. The van der Waals surface area contributed by atoms with Crippen LogP contribution >= 0.6 is 0 Å². The van der Waals surface area contributed by atoms with Crippen LogP contribution in [0.5, 0.6) is 0 Å². The van der Waals surface area contributed by atoms with Gasteiger partial charge in [-0.05, 0) is 33.6 Å². The van der Waals surface area contributed by atoms with Crippen molar-refractivity contribution in [2.45, 2.75) is 44.7 Å². The second-order valence-electron chi connectivity index (χ2n) is 5.59.